The van der Waals surface area contributed by atoms with Gasteiger partial charge in [0, 0.05) is 26.2 Å². The molecule has 0 saturated carbocycles. The quantitative estimate of drug-likeness (QED) is 0.561. The number of methoxy groups -OCH3 is 1. The van der Waals surface area contributed by atoms with E-state index < -0.39 is 0 Å². The number of piperidine rings is 1. The molecule has 25 heavy (non-hydrogen) atoms. The van der Waals surface area contributed by atoms with Gasteiger partial charge in [-0.15, -0.1) is 0 Å². The van der Waals surface area contributed by atoms with Gasteiger partial charge in [-0.2, -0.15) is 0 Å². The van der Waals surface area contributed by atoms with Crippen molar-refractivity contribution < 1.29 is 4.74 Å². The van der Waals surface area contributed by atoms with E-state index in [-0.39, 0.29) is 6.04 Å². The predicted molar refractivity (Wildman–Crippen MR) is 105 cm³/mol. The molecule has 0 aromatic heterocycles. The van der Waals surface area contributed by atoms with Gasteiger partial charge in [0.05, 0.1) is 13.2 Å². The summed E-state index contributed by atoms with van der Waals surface area (Å²) in [7, 11) is 1.72. The fourth-order valence-electron chi connectivity index (χ4n) is 3.14. The molecule has 0 radical (unpaired) electrons. The molecule has 5 heteroatoms. The zero-order valence-corrected chi connectivity index (χ0v) is 16.1. The average Bonchev–Trinajstić information content (AvgIpc) is 2.62. The number of likely N-dealkylation sites (tertiary alicyclic amines) is 1. The van der Waals surface area contributed by atoms with Gasteiger partial charge in [-0.05, 0) is 50.9 Å². The van der Waals surface area contributed by atoms with Gasteiger partial charge in [-0.25, -0.2) is 4.99 Å². The van der Waals surface area contributed by atoms with Crippen LogP contribution >= 0.6 is 0 Å². The number of guanidine groups is 1. The standard InChI is InChI=1S/C20H34N4O/c1-4-21-20(23-17(2)16-25-3)22-14-18-8-10-19(11-9-18)15-24-12-6-5-7-13-24/h8-11,17H,4-7,12-16H2,1-3H3,(H2,21,22,23). The molecule has 1 fully saturated rings. The molecule has 1 aliphatic heterocycles. The molecule has 140 valence electrons. The molecule has 2 N–H and O–H groups in total. The molecule has 0 amide bonds. The van der Waals surface area contributed by atoms with E-state index in [9.17, 15) is 0 Å². The van der Waals surface area contributed by atoms with Crippen molar-refractivity contribution in [3.63, 3.8) is 0 Å². The summed E-state index contributed by atoms with van der Waals surface area (Å²) < 4.78 is 5.17. The van der Waals surface area contributed by atoms with Crippen LogP contribution in [0.25, 0.3) is 0 Å². The summed E-state index contributed by atoms with van der Waals surface area (Å²) >= 11 is 0. The Morgan fingerprint density at radius 1 is 1.16 bits per heavy atom. The first-order valence-electron chi connectivity index (χ1n) is 9.55. The second-order valence-electron chi connectivity index (χ2n) is 6.85. The van der Waals surface area contributed by atoms with Crippen LogP contribution in [0.4, 0.5) is 0 Å². The Hall–Kier alpha value is -1.59. The summed E-state index contributed by atoms with van der Waals surface area (Å²) in [6, 6.07) is 9.12. The number of nitrogens with one attached hydrogen (secondary N) is 2. The second kappa shape index (κ2) is 11.1. The van der Waals surface area contributed by atoms with Crippen molar-refractivity contribution in [3.05, 3.63) is 35.4 Å². The molecule has 0 spiro atoms. The molecular weight excluding hydrogens is 312 g/mol. The molecule has 1 aromatic rings. The van der Waals surface area contributed by atoms with Crippen molar-refractivity contribution in [2.24, 2.45) is 4.99 Å². The van der Waals surface area contributed by atoms with E-state index in [4.69, 9.17) is 4.74 Å². The molecule has 1 unspecified atom stereocenters. The topological polar surface area (TPSA) is 48.9 Å². The van der Waals surface area contributed by atoms with Crippen LogP contribution in [0.2, 0.25) is 0 Å². The minimum Gasteiger partial charge on any atom is -0.383 e. The Morgan fingerprint density at radius 3 is 2.48 bits per heavy atom. The van der Waals surface area contributed by atoms with Gasteiger partial charge in [0.25, 0.3) is 0 Å². The van der Waals surface area contributed by atoms with E-state index in [2.05, 4.69) is 58.6 Å². The Labute approximate surface area is 152 Å². The molecule has 0 aliphatic carbocycles. The lowest BCUT2D eigenvalue weighted by Gasteiger charge is -2.26. The van der Waals surface area contributed by atoms with E-state index in [1.165, 1.54) is 43.5 Å². The SMILES string of the molecule is CCNC(=NCc1ccc(CN2CCCCC2)cc1)NC(C)COC. The second-order valence-corrected chi connectivity index (χ2v) is 6.85. The fourth-order valence-corrected chi connectivity index (χ4v) is 3.14. The molecule has 1 heterocycles. The van der Waals surface area contributed by atoms with Crippen molar-refractivity contribution >= 4 is 5.96 Å². The smallest absolute Gasteiger partial charge is 0.191 e. The summed E-state index contributed by atoms with van der Waals surface area (Å²) in [6.45, 7) is 9.91. The lowest BCUT2D eigenvalue weighted by Crippen LogP contribution is -2.43. The van der Waals surface area contributed by atoms with Crippen molar-refractivity contribution in [1.82, 2.24) is 15.5 Å². The Kier molecular flexibility index (Phi) is 8.77. The van der Waals surface area contributed by atoms with E-state index in [0.29, 0.717) is 13.2 Å². The molecule has 5 nitrogen and oxygen atoms in total. The lowest BCUT2D eigenvalue weighted by atomic mass is 10.1. The first-order valence-corrected chi connectivity index (χ1v) is 9.55. The largest absolute Gasteiger partial charge is 0.383 e. The van der Waals surface area contributed by atoms with Gasteiger partial charge >= 0.3 is 0 Å². The van der Waals surface area contributed by atoms with Gasteiger partial charge in [0.1, 0.15) is 0 Å². The van der Waals surface area contributed by atoms with Crippen molar-refractivity contribution in [3.8, 4) is 0 Å². The van der Waals surface area contributed by atoms with Crippen LogP contribution in [-0.2, 0) is 17.8 Å². The van der Waals surface area contributed by atoms with Gasteiger partial charge < -0.3 is 15.4 Å². The van der Waals surface area contributed by atoms with Crippen LogP contribution in [0.15, 0.2) is 29.3 Å². The number of rotatable bonds is 8. The third kappa shape index (κ3) is 7.45. The van der Waals surface area contributed by atoms with Crippen LogP contribution in [0.5, 0.6) is 0 Å². The fraction of sp³-hybridized carbons (Fsp3) is 0.650. The van der Waals surface area contributed by atoms with E-state index in [1.54, 1.807) is 7.11 Å². The summed E-state index contributed by atoms with van der Waals surface area (Å²) in [4.78, 5) is 7.24. The summed E-state index contributed by atoms with van der Waals surface area (Å²) in [5, 5.41) is 6.65. The molecule has 1 atom stereocenters. The Bertz CT molecular complexity index is 509. The maximum absolute atomic E-state index is 5.17. The normalized spacial score (nSPS) is 17.3. The number of ether oxygens (including phenoxy) is 1. The minimum absolute atomic E-state index is 0.231. The van der Waals surface area contributed by atoms with Gasteiger partial charge in [-0.3, -0.25) is 4.90 Å². The van der Waals surface area contributed by atoms with Gasteiger partial charge in [-0.1, -0.05) is 30.7 Å². The highest BCUT2D eigenvalue weighted by molar-refractivity contribution is 5.80. The maximum atomic E-state index is 5.17. The highest BCUT2D eigenvalue weighted by Gasteiger charge is 2.10. The first kappa shape index (κ1) is 19.7. The van der Waals surface area contributed by atoms with Crippen molar-refractivity contribution in [1.29, 1.82) is 0 Å². The van der Waals surface area contributed by atoms with Gasteiger partial charge in [0.2, 0.25) is 0 Å². The van der Waals surface area contributed by atoms with Crippen LogP contribution in [-0.4, -0.2) is 50.3 Å². The number of benzene rings is 1. The number of aliphatic imine (C=N–C) groups is 1. The zero-order chi connectivity index (χ0) is 17.9. The highest BCUT2D eigenvalue weighted by atomic mass is 16.5. The van der Waals surface area contributed by atoms with Crippen LogP contribution < -0.4 is 10.6 Å². The minimum atomic E-state index is 0.231. The third-order valence-corrected chi connectivity index (χ3v) is 4.44. The maximum Gasteiger partial charge on any atom is 0.191 e. The third-order valence-electron chi connectivity index (χ3n) is 4.44. The van der Waals surface area contributed by atoms with E-state index in [1.807, 2.05) is 0 Å². The van der Waals surface area contributed by atoms with Gasteiger partial charge in [0.15, 0.2) is 5.96 Å². The van der Waals surface area contributed by atoms with E-state index in [0.717, 1.165) is 19.0 Å². The van der Waals surface area contributed by atoms with Crippen molar-refractivity contribution in [2.45, 2.75) is 52.2 Å². The average molecular weight is 347 g/mol. The Morgan fingerprint density at radius 2 is 1.84 bits per heavy atom. The zero-order valence-electron chi connectivity index (χ0n) is 16.1. The summed E-state index contributed by atoms with van der Waals surface area (Å²) in [5.74, 6) is 0.837. The van der Waals surface area contributed by atoms with E-state index >= 15 is 0 Å². The molecule has 1 saturated heterocycles. The summed E-state index contributed by atoms with van der Waals surface area (Å²) in [6.07, 6.45) is 4.07. The molecule has 2 rings (SSSR count). The first-order chi connectivity index (χ1) is 12.2. The molecule has 1 aromatic carbocycles. The van der Waals surface area contributed by atoms with Crippen molar-refractivity contribution in [2.75, 3.05) is 33.4 Å². The Balaban J connectivity index is 1.87. The van der Waals surface area contributed by atoms with Crippen LogP contribution in [0.1, 0.15) is 44.2 Å². The number of hydrogen-bond acceptors (Lipinski definition) is 3. The molecule has 1 aliphatic rings. The molecule has 0 bridgehead atoms. The summed E-state index contributed by atoms with van der Waals surface area (Å²) in [5.41, 5.74) is 2.63. The number of nitrogens with zero attached hydrogens (tertiary/aromatic N) is 2. The monoisotopic (exact) mass is 346 g/mol. The van der Waals surface area contributed by atoms with Crippen LogP contribution in [0, 0.1) is 0 Å². The lowest BCUT2D eigenvalue weighted by molar-refractivity contribution is 0.179. The van der Waals surface area contributed by atoms with Crippen LogP contribution in [0.3, 0.4) is 0 Å². The number of hydrogen-bond donors (Lipinski definition) is 2. The molecular formula is C20H34N4O. The highest BCUT2D eigenvalue weighted by Crippen LogP contribution is 2.14. The predicted octanol–water partition coefficient (Wildman–Crippen LogP) is 2.76.